The lowest BCUT2D eigenvalue weighted by Crippen LogP contribution is -2.41. The van der Waals surface area contributed by atoms with Gasteiger partial charge in [-0.2, -0.15) is 0 Å². The first kappa shape index (κ1) is 26.3. The second-order valence-electron chi connectivity index (χ2n) is 8.54. The maximum atomic E-state index is 13.3. The SMILES string of the molecule is CC(=O)C[C@@H](C=O)NC(=O)Cn1c(Cc2ccccc2)ccc(NC(=O)CCc2ccccc2)c1=O. The molecule has 8 nitrogen and oxygen atoms in total. The Morgan fingerprint density at radius 3 is 2.14 bits per heavy atom. The molecule has 2 N–H and O–H groups in total. The summed E-state index contributed by atoms with van der Waals surface area (Å²) in [6, 6.07) is 21.3. The Hall–Kier alpha value is -4.33. The van der Waals surface area contributed by atoms with Gasteiger partial charge in [-0.1, -0.05) is 60.7 Å². The molecule has 3 rings (SSSR count). The summed E-state index contributed by atoms with van der Waals surface area (Å²) in [6.07, 6.45) is 1.48. The van der Waals surface area contributed by atoms with Gasteiger partial charge in [0.25, 0.3) is 5.56 Å². The van der Waals surface area contributed by atoms with Crippen molar-refractivity contribution in [2.24, 2.45) is 0 Å². The van der Waals surface area contributed by atoms with Gasteiger partial charge < -0.3 is 20.0 Å². The van der Waals surface area contributed by atoms with E-state index in [1.807, 2.05) is 60.7 Å². The van der Waals surface area contributed by atoms with Crippen LogP contribution in [0.5, 0.6) is 0 Å². The molecule has 0 fully saturated rings. The van der Waals surface area contributed by atoms with Crippen LogP contribution in [0.4, 0.5) is 5.69 Å². The molecule has 0 bridgehead atoms. The zero-order valence-corrected chi connectivity index (χ0v) is 20.1. The lowest BCUT2D eigenvalue weighted by atomic mass is 10.1. The number of ketones is 1. The molecule has 0 saturated heterocycles. The Kier molecular flexibility index (Phi) is 9.45. The van der Waals surface area contributed by atoms with Gasteiger partial charge >= 0.3 is 0 Å². The van der Waals surface area contributed by atoms with Gasteiger partial charge in [-0.05, 0) is 36.6 Å². The average Bonchev–Trinajstić information content (AvgIpc) is 2.87. The molecule has 36 heavy (non-hydrogen) atoms. The standard InChI is InChI=1S/C28H29N3O5/c1-20(33)16-23(19-32)29-27(35)18-31-24(17-22-10-6-3-7-11-22)13-14-25(28(31)36)30-26(34)15-12-21-8-4-2-5-9-21/h2-11,13-14,19,23H,12,15-18H2,1H3,(H,29,35)(H,30,34)/t23-/m0/s1. The maximum absolute atomic E-state index is 13.3. The molecule has 1 heterocycles. The van der Waals surface area contributed by atoms with Gasteiger partial charge in [0.15, 0.2) is 0 Å². The van der Waals surface area contributed by atoms with Gasteiger partial charge in [-0.15, -0.1) is 0 Å². The largest absolute Gasteiger partial charge is 0.345 e. The van der Waals surface area contributed by atoms with Crippen molar-refractivity contribution in [1.82, 2.24) is 9.88 Å². The third-order valence-corrected chi connectivity index (χ3v) is 5.57. The van der Waals surface area contributed by atoms with Crippen LogP contribution < -0.4 is 16.2 Å². The van der Waals surface area contributed by atoms with Crippen molar-refractivity contribution >= 4 is 29.6 Å². The number of hydrogen-bond donors (Lipinski definition) is 2. The van der Waals surface area contributed by atoms with E-state index in [4.69, 9.17) is 0 Å². The summed E-state index contributed by atoms with van der Waals surface area (Å²) in [5.74, 6) is -1.14. The van der Waals surface area contributed by atoms with E-state index in [0.29, 0.717) is 24.8 Å². The molecule has 0 radical (unpaired) electrons. The quantitative estimate of drug-likeness (QED) is 0.381. The molecule has 2 amide bonds. The molecule has 1 atom stereocenters. The lowest BCUT2D eigenvalue weighted by molar-refractivity contribution is -0.126. The highest BCUT2D eigenvalue weighted by atomic mass is 16.2. The number of nitrogens with zero attached hydrogens (tertiary/aromatic N) is 1. The number of aromatic nitrogens is 1. The van der Waals surface area contributed by atoms with Crippen LogP contribution in [0, 0.1) is 0 Å². The van der Waals surface area contributed by atoms with Crippen LogP contribution in [0.1, 0.15) is 36.6 Å². The predicted molar refractivity (Wildman–Crippen MR) is 137 cm³/mol. The molecule has 0 aliphatic rings. The monoisotopic (exact) mass is 487 g/mol. The van der Waals surface area contributed by atoms with Gasteiger partial charge in [-0.25, -0.2) is 0 Å². The molecule has 0 spiro atoms. The molecule has 186 valence electrons. The highest BCUT2D eigenvalue weighted by molar-refractivity contribution is 5.90. The van der Waals surface area contributed by atoms with Crippen molar-refractivity contribution in [1.29, 1.82) is 0 Å². The van der Waals surface area contributed by atoms with Crippen molar-refractivity contribution in [2.75, 3.05) is 5.32 Å². The minimum Gasteiger partial charge on any atom is -0.345 e. The molecule has 0 unspecified atom stereocenters. The van der Waals surface area contributed by atoms with Crippen LogP contribution in [0.25, 0.3) is 0 Å². The average molecular weight is 488 g/mol. The fraction of sp³-hybridized carbons (Fsp3) is 0.250. The van der Waals surface area contributed by atoms with Crippen molar-refractivity contribution in [2.45, 2.75) is 45.2 Å². The lowest BCUT2D eigenvalue weighted by Gasteiger charge is -2.17. The van der Waals surface area contributed by atoms with Crippen LogP contribution in [-0.2, 0) is 38.6 Å². The number of amides is 2. The third kappa shape index (κ3) is 7.87. The van der Waals surface area contributed by atoms with E-state index in [1.165, 1.54) is 11.5 Å². The number of benzene rings is 2. The summed E-state index contributed by atoms with van der Waals surface area (Å²) in [7, 11) is 0. The van der Waals surface area contributed by atoms with Crippen LogP contribution in [-0.4, -0.2) is 34.5 Å². The Morgan fingerprint density at radius 1 is 0.889 bits per heavy atom. The summed E-state index contributed by atoms with van der Waals surface area (Å²) in [4.78, 5) is 61.1. The summed E-state index contributed by atoms with van der Waals surface area (Å²) in [6.45, 7) is 0.964. The Labute approximate surface area is 209 Å². The fourth-order valence-electron chi connectivity index (χ4n) is 3.80. The van der Waals surface area contributed by atoms with E-state index in [9.17, 15) is 24.0 Å². The topological polar surface area (TPSA) is 114 Å². The highest BCUT2D eigenvalue weighted by Crippen LogP contribution is 2.12. The Bertz CT molecular complexity index is 1270. The number of hydrogen-bond acceptors (Lipinski definition) is 5. The van der Waals surface area contributed by atoms with Crippen LogP contribution in [0.15, 0.2) is 77.6 Å². The predicted octanol–water partition coefficient (Wildman–Crippen LogP) is 2.67. The van der Waals surface area contributed by atoms with E-state index in [1.54, 1.807) is 12.1 Å². The van der Waals surface area contributed by atoms with E-state index < -0.39 is 17.5 Å². The minimum absolute atomic E-state index is 0.0633. The Balaban J connectivity index is 1.81. The van der Waals surface area contributed by atoms with Crippen molar-refractivity contribution in [3.63, 3.8) is 0 Å². The van der Waals surface area contributed by atoms with Gasteiger partial charge in [0, 0.05) is 25.0 Å². The molecule has 8 heteroatoms. The van der Waals surface area contributed by atoms with E-state index in [2.05, 4.69) is 10.6 Å². The second-order valence-corrected chi connectivity index (χ2v) is 8.54. The summed E-state index contributed by atoms with van der Waals surface area (Å²) < 4.78 is 1.28. The van der Waals surface area contributed by atoms with Gasteiger partial charge in [0.1, 0.15) is 24.3 Å². The zero-order valence-electron chi connectivity index (χ0n) is 20.1. The number of pyridine rings is 1. The number of anilines is 1. The Morgan fingerprint density at radius 2 is 1.53 bits per heavy atom. The van der Waals surface area contributed by atoms with Crippen LogP contribution in [0.2, 0.25) is 0 Å². The molecular weight excluding hydrogens is 458 g/mol. The number of nitrogens with one attached hydrogen (secondary N) is 2. The number of aryl methyl sites for hydroxylation is 1. The van der Waals surface area contributed by atoms with E-state index in [-0.39, 0.29) is 36.8 Å². The first-order chi connectivity index (χ1) is 17.4. The highest BCUT2D eigenvalue weighted by Gasteiger charge is 2.18. The molecule has 0 saturated carbocycles. The second kappa shape index (κ2) is 12.9. The molecular formula is C28H29N3O5. The first-order valence-corrected chi connectivity index (χ1v) is 11.7. The summed E-state index contributed by atoms with van der Waals surface area (Å²) in [5.41, 5.74) is 2.05. The maximum Gasteiger partial charge on any atom is 0.275 e. The van der Waals surface area contributed by atoms with E-state index in [0.717, 1.165) is 11.1 Å². The third-order valence-electron chi connectivity index (χ3n) is 5.57. The summed E-state index contributed by atoms with van der Waals surface area (Å²) in [5, 5.41) is 5.15. The molecule has 3 aromatic rings. The van der Waals surface area contributed by atoms with Crippen LogP contribution in [0.3, 0.4) is 0 Å². The van der Waals surface area contributed by atoms with Crippen molar-refractivity contribution in [3.8, 4) is 0 Å². The number of carbonyl (C=O) groups is 4. The van der Waals surface area contributed by atoms with Crippen LogP contribution >= 0.6 is 0 Å². The van der Waals surface area contributed by atoms with Gasteiger partial charge in [-0.3, -0.25) is 19.2 Å². The first-order valence-electron chi connectivity index (χ1n) is 11.7. The number of rotatable bonds is 12. The number of aldehydes is 1. The normalized spacial score (nSPS) is 11.4. The van der Waals surface area contributed by atoms with Crippen molar-refractivity contribution < 1.29 is 19.2 Å². The fourth-order valence-corrected chi connectivity index (χ4v) is 3.80. The van der Waals surface area contributed by atoms with Gasteiger partial charge in [0.2, 0.25) is 11.8 Å². The van der Waals surface area contributed by atoms with Gasteiger partial charge in [0.05, 0.1) is 6.04 Å². The minimum atomic E-state index is -0.968. The van der Waals surface area contributed by atoms with E-state index >= 15 is 0 Å². The molecule has 0 aliphatic carbocycles. The zero-order chi connectivity index (χ0) is 25.9. The summed E-state index contributed by atoms with van der Waals surface area (Å²) >= 11 is 0. The smallest absolute Gasteiger partial charge is 0.275 e. The molecule has 1 aromatic heterocycles. The molecule has 2 aromatic carbocycles. The number of Topliss-reactive ketones (excluding diaryl/α,β-unsaturated/α-hetero) is 1. The number of carbonyl (C=O) groups excluding carboxylic acids is 4. The molecule has 0 aliphatic heterocycles. The van der Waals surface area contributed by atoms with Crippen molar-refractivity contribution in [3.05, 3.63) is 100.0 Å².